The zero-order valence-electron chi connectivity index (χ0n) is 11.5. The quantitative estimate of drug-likeness (QED) is 0.860. The standard InChI is InChI=1S/C11H10F3N7O2/c12-11(13,14)6-19-4-5-21(10(19)23)18-8(22)7-16-9-15-2-1-3-20(9)17-7/h1-3H,4-6H2,(H,18,22). The van der Waals surface area contributed by atoms with Crippen LogP contribution >= 0.6 is 0 Å². The van der Waals surface area contributed by atoms with E-state index >= 15 is 0 Å². The number of urea groups is 1. The number of halogens is 3. The maximum absolute atomic E-state index is 12.3. The van der Waals surface area contributed by atoms with Crippen molar-refractivity contribution in [3.8, 4) is 0 Å². The summed E-state index contributed by atoms with van der Waals surface area (Å²) in [5, 5.41) is 4.66. The van der Waals surface area contributed by atoms with Crippen LogP contribution in [0.15, 0.2) is 18.5 Å². The van der Waals surface area contributed by atoms with Crippen molar-refractivity contribution in [1.82, 2.24) is 34.9 Å². The Hall–Kier alpha value is -2.92. The molecular weight excluding hydrogens is 319 g/mol. The second-order valence-corrected chi connectivity index (χ2v) is 4.71. The summed E-state index contributed by atoms with van der Waals surface area (Å²) in [6.45, 7) is -1.57. The van der Waals surface area contributed by atoms with E-state index in [0.717, 1.165) is 5.01 Å². The van der Waals surface area contributed by atoms with Gasteiger partial charge in [-0.05, 0) is 6.07 Å². The number of hydrazine groups is 1. The Bertz CT molecular complexity index is 726. The van der Waals surface area contributed by atoms with Crippen molar-refractivity contribution in [2.24, 2.45) is 0 Å². The van der Waals surface area contributed by atoms with Gasteiger partial charge < -0.3 is 4.90 Å². The van der Waals surface area contributed by atoms with Gasteiger partial charge in [0.05, 0.1) is 6.54 Å². The summed E-state index contributed by atoms with van der Waals surface area (Å²) in [5.74, 6) is -0.868. The highest BCUT2D eigenvalue weighted by Gasteiger charge is 2.38. The lowest BCUT2D eigenvalue weighted by atomic mass is 10.5. The molecule has 0 radical (unpaired) electrons. The number of hydrogen-bond acceptors (Lipinski definition) is 5. The van der Waals surface area contributed by atoms with Gasteiger partial charge in [0.1, 0.15) is 6.54 Å². The number of nitrogens with zero attached hydrogens (tertiary/aromatic N) is 6. The predicted octanol–water partition coefficient (Wildman–Crippen LogP) is 0.0690. The number of rotatable bonds is 3. The van der Waals surface area contributed by atoms with Crippen molar-refractivity contribution >= 4 is 17.7 Å². The molecule has 2 aromatic rings. The second-order valence-electron chi connectivity index (χ2n) is 4.71. The number of carbonyl (C=O) groups is 2. The number of alkyl halides is 3. The lowest BCUT2D eigenvalue weighted by molar-refractivity contribution is -0.138. The van der Waals surface area contributed by atoms with Crippen LogP contribution in [0.1, 0.15) is 10.6 Å². The average molecular weight is 329 g/mol. The molecule has 3 amide bonds. The highest BCUT2D eigenvalue weighted by atomic mass is 19.4. The minimum atomic E-state index is -4.50. The van der Waals surface area contributed by atoms with Gasteiger partial charge in [0.25, 0.3) is 5.78 Å². The molecule has 0 atom stereocenters. The fourth-order valence-corrected chi connectivity index (χ4v) is 2.05. The monoisotopic (exact) mass is 329 g/mol. The van der Waals surface area contributed by atoms with Gasteiger partial charge in [-0.3, -0.25) is 10.2 Å². The molecule has 0 spiro atoms. The maximum Gasteiger partial charge on any atom is 0.406 e. The SMILES string of the molecule is O=C(NN1CCN(CC(F)(F)F)C1=O)c1nc2ncccn2n1. The molecule has 0 saturated carbocycles. The molecule has 122 valence electrons. The molecule has 0 bridgehead atoms. The van der Waals surface area contributed by atoms with Gasteiger partial charge in [-0.1, -0.05) is 0 Å². The summed E-state index contributed by atoms with van der Waals surface area (Å²) in [6.07, 6.45) is -1.51. The van der Waals surface area contributed by atoms with Crippen molar-refractivity contribution in [3.05, 3.63) is 24.3 Å². The Balaban J connectivity index is 1.67. The first-order valence-electron chi connectivity index (χ1n) is 6.45. The first-order valence-corrected chi connectivity index (χ1v) is 6.45. The number of nitrogens with one attached hydrogen (secondary N) is 1. The summed E-state index contributed by atoms with van der Waals surface area (Å²) < 4.78 is 38.2. The van der Waals surface area contributed by atoms with Gasteiger partial charge in [0, 0.05) is 18.9 Å². The summed E-state index contributed by atoms with van der Waals surface area (Å²) in [7, 11) is 0. The third kappa shape index (κ3) is 3.14. The zero-order valence-corrected chi connectivity index (χ0v) is 11.5. The topological polar surface area (TPSA) is 95.7 Å². The molecule has 9 nitrogen and oxygen atoms in total. The van der Waals surface area contributed by atoms with Crippen LogP contribution in [0.3, 0.4) is 0 Å². The van der Waals surface area contributed by atoms with E-state index < -0.39 is 24.7 Å². The highest BCUT2D eigenvalue weighted by molar-refractivity contribution is 5.92. The third-order valence-electron chi connectivity index (χ3n) is 3.02. The van der Waals surface area contributed by atoms with Crippen molar-refractivity contribution in [2.75, 3.05) is 19.6 Å². The lowest BCUT2D eigenvalue weighted by Gasteiger charge is -2.19. The van der Waals surface area contributed by atoms with Crippen LogP contribution in [-0.4, -0.2) is 67.2 Å². The Morgan fingerprint density at radius 1 is 1.35 bits per heavy atom. The number of aromatic nitrogens is 4. The van der Waals surface area contributed by atoms with Crippen LogP contribution in [0.2, 0.25) is 0 Å². The van der Waals surface area contributed by atoms with Gasteiger partial charge in [0.15, 0.2) is 0 Å². The number of fused-ring (bicyclic) bond motifs is 1. The van der Waals surface area contributed by atoms with Crippen molar-refractivity contribution in [3.63, 3.8) is 0 Å². The fourth-order valence-electron chi connectivity index (χ4n) is 2.05. The van der Waals surface area contributed by atoms with Gasteiger partial charge in [0.2, 0.25) is 5.82 Å². The second kappa shape index (κ2) is 5.37. The third-order valence-corrected chi connectivity index (χ3v) is 3.02. The van der Waals surface area contributed by atoms with Crippen LogP contribution in [0.5, 0.6) is 0 Å². The molecule has 12 heteroatoms. The van der Waals surface area contributed by atoms with Crippen LogP contribution in [0, 0.1) is 0 Å². The van der Waals surface area contributed by atoms with E-state index in [1.807, 2.05) is 0 Å². The molecule has 23 heavy (non-hydrogen) atoms. The largest absolute Gasteiger partial charge is 0.406 e. The summed E-state index contributed by atoms with van der Waals surface area (Å²) in [5.41, 5.74) is 2.19. The average Bonchev–Trinajstić information content (AvgIpc) is 3.04. The van der Waals surface area contributed by atoms with Gasteiger partial charge in [-0.2, -0.15) is 18.2 Å². The van der Waals surface area contributed by atoms with Gasteiger partial charge >= 0.3 is 18.1 Å². The van der Waals surface area contributed by atoms with E-state index in [1.165, 1.54) is 16.9 Å². The van der Waals surface area contributed by atoms with Crippen molar-refractivity contribution < 1.29 is 22.8 Å². The van der Waals surface area contributed by atoms with E-state index in [1.54, 1.807) is 6.07 Å². The summed E-state index contributed by atoms with van der Waals surface area (Å²) in [4.78, 5) is 32.1. The normalized spacial score (nSPS) is 15.5. The molecule has 0 aliphatic carbocycles. The summed E-state index contributed by atoms with van der Waals surface area (Å²) >= 11 is 0. The van der Waals surface area contributed by atoms with E-state index in [9.17, 15) is 22.8 Å². The number of hydrogen-bond donors (Lipinski definition) is 1. The zero-order chi connectivity index (χ0) is 16.6. The van der Waals surface area contributed by atoms with Gasteiger partial charge in [-0.15, -0.1) is 5.10 Å². The van der Waals surface area contributed by atoms with E-state index in [4.69, 9.17) is 0 Å². The predicted molar refractivity (Wildman–Crippen MR) is 68.0 cm³/mol. The van der Waals surface area contributed by atoms with E-state index in [-0.39, 0.29) is 24.7 Å². The first-order chi connectivity index (χ1) is 10.8. The summed E-state index contributed by atoms with van der Waals surface area (Å²) in [6, 6.07) is 0.653. The van der Waals surface area contributed by atoms with Gasteiger partial charge in [-0.25, -0.2) is 19.3 Å². The molecule has 3 heterocycles. The van der Waals surface area contributed by atoms with Crippen LogP contribution in [0.25, 0.3) is 5.78 Å². The molecule has 3 rings (SSSR count). The highest BCUT2D eigenvalue weighted by Crippen LogP contribution is 2.19. The molecule has 1 fully saturated rings. The Labute approximate surface area is 126 Å². The maximum atomic E-state index is 12.3. The first kappa shape index (κ1) is 15.0. The minimum absolute atomic E-state index is 0.0632. The van der Waals surface area contributed by atoms with E-state index in [2.05, 4.69) is 20.5 Å². The lowest BCUT2D eigenvalue weighted by Crippen LogP contribution is -2.46. The molecule has 0 aromatic carbocycles. The number of amides is 3. The van der Waals surface area contributed by atoms with Crippen LogP contribution < -0.4 is 5.43 Å². The minimum Gasteiger partial charge on any atom is -0.312 e. The Morgan fingerprint density at radius 3 is 2.83 bits per heavy atom. The molecule has 1 N–H and O–H groups in total. The molecule has 1 aliphatic heterocycles. The smallest absolute Gasteiger partial charge is 0.312 e. The van der Waals surface area contributed by atoms with Crippen molar-refractivity contribution in [2.45, 2.75) is 6.18 Å². The molecule has 2 aromatic heterocycles. The molecule has 1 aliphatic rings. The molecule has 1 saturated heterocycles. The molecular formula is C11H10F3N7O2. The molecule has 0 unspecified atom stereocenters. The van der Waals surface area contributed by atoms with Crippen LogP contribution in [0.4, 0.5) is 18.0 Å². The van der Waals surface area contributed by atoms with Crippen LogP contribution in [-0.2, 0) is 0 Å². The Kier molecular flexibility index (Phi) is 3.50. The fraction of sp³-hybridized carbons (Fsp3) is 0.364. The van der Waals surface area contributed by atoms with Crippen molar-refractivity contribution in [1.29, 1.82) is 0 Å². The number of carbonyl (C=O) groups excluding carboxylic acids is 2. The Morgan fingerprint density at radius 2 is 2.13 bits per heavy atom. The van der Waals surface area contributed by atoms with E-state index in [0.29, 0.717) is 4.90 Å².